The van der Waals surface area contributed by atoms with Crippen molar-refractivity contribution >= 4 is 30.3 Å². The van der Waals surface area contributed by atoms with Crippen molar-refractivity contribution in [1.82, 2.24) is 15.2 Å². The van der Waals surface area contributed by atoms with Gasteiger partial charge in [-0.05, 0) is 11.8 Å². The van der Waals surface area contributed by atoms with Crippen molar-refractivity contribution in [3.8, 4) is 11.4 Å². The Morgan fingerprint density at radius 1 is 1.38 bits per heavy atom. The van der Waals surface area contributed by atoms with Gasteiger partial charge in [0.25, 0.3) is 0 Å². The van der Waals surface area contributed by atoms with Gasteiger partial charge in [0.1, 0.15) is 0 Å². The Morgan fingerprint density at radius 3 is 2.56 bits per heavy atom. The van der Waals surface area contributed by atoms with Crippen LogP contribution < -0.4 is 5.73 Å². The molecule has 0 bridgehead atoms. The fraction of sp³-hybridized carbons (Fsp3) is 0.200. The zero-order valence-electron chi connectivity index (χ0n) is 8.71. The maximum absolute atomic E-state index is 5.45. The highest BCUT2D eigenvalue weighted by molar-refractivity contribution is 8.09. The Morgan fingerprint density at radius 2 is 2.06 bits per heavy atom. The first kappa shape index (κ1) is 11.3. The van der Waals surface area contributed by atoms with Gasteiger partial charge in [-0.15, -0.1) is 16.9 Å². The number of aromatic nitrogens is 3. The summed E-state index contributed by atoms with van der Waals surface area (Å²) in [5, 5.41) is 6.56. The minimum absolute atomic E-state index is 0.203. The molecule has 1 aromatic heterocycles. The average Bonchev–Trinajstić information content (AvgIpc) is 2.75. The van der Waals surface area contributed by atoms with E-state index in [1.54, 1.807) is 11.8 Å². The quantitative estimate of drug-likeness (QED) is 0.579. The third-order valence-electron chi connectivity index (χ3n) is 2.20. The molecule has 1 aromatic carbocycles. The number of aromatic amines is 1. The lowest BCUT2D eigenvalue weighted by molar-refractivity contribution is 1.10. The normalized spacial score (nSPS) is 12.6. The summed E-state index contributed by atoms with van der Waals surface area (Å²) in [6, 6.07) is 8.02. The first-order chi connectivity index (χ1) is 7.70. The molecule has 1 heterocycles. The standard InChI is InChI=1S/C10H12N4S2/c1-16-9(15)7-4-2-6(3-5-7)8-12-10(11)14-13-8/h2-5,9,15H,1H3,(H3,11,12,13,14). The van der Waals surface area contributed by atoms with Crippen molar-refractivity contribution in [3.05, 3.63) is 29.8 Å². The van der Waals surface area contributed by atoms with Crippen LogP contribution in [0.15, 0.2) is 24.3 Å². The van der Waals surface area contributed by atoms with Gasteiger partial charge < -0.3 is 5.73 Å². The van der Waals surface area contributed by atoms with Crippen molar-refractivity contribution < 1.29 is 0 Å². The zero-order chi connectivity index (χ0) is 11.5. The van der Waals surface area contributed by atoms with Crippen molar-refractivity contribution in [2.75, 3.05) is 12.0 Å². The first-order valence-corrected chi connectivity index (χ1v) is 6.50. The summed E-state index contributed by atoms with van der Waals surface area (Å²) >= 11 is 6.14. The van der Waals surface area contributed by atoms with Crippen LogP contribution in [0.3, 0.4) is 0 Å². The second kappa shape index (κ2) is 4.80. The summed E-state index contributed by atoms with van der Waals surface area (Å²) in [6.07, 6.45) is 2.03. The molecular weight excluding hydrogens is 240 g/mol. The second-order valence-electron chi connectivity index (χ2n) is 3.25. The van der Waals surface area contributed by atoms with Crippen molar-refractivity contribution in [2.45, 2.75) is 4.58 Å². The number of thioether (sulfide) groups is 1. The molecule has 16 heavy (non-hydrogen) atoms. The number of anilines is 1. The van der Waals surface area contributed by atoms with Crippen molar-refractivity contribution in [3.63, 3.8) is 0 Å². The number of hydrogen-bond donors (Lipinski definition) is 3. The highest BCUT2D eigenvalue weighted by Crippen LogP contribution is 2.30. The van der Waals surface area contributed by atoms with Crippen LogP contribution in [0.1, 0.15) is 10.1 Å². The number of nitrogens with two attached hydrogens (primary N) is 1. The van der Waals surface area contributed by atoms with Gasteiger partial charge in [0.05, 0.1) is 4.58 Å². The van der Waals surface area contributed by atoms with Crippen LogP contribution in [-0.2, 0) is 0 Å². The van der Waals surface area contributed by atoms with Crippen LogP contribution in [0, 0.1) is 0 Å². The van der Waals surface area contributed by atoms with E-state index in [1.165, 1.54) is 5.56 Å². The lowest BCUT2D eigenvalue weighted by Gasteiger charge is -2.07. The van der Waals surface area contributed by atoms with E-state index in [9.17, 15) is 0 Å². The van der Waals surface area contributed by atoms with E-state index in [4.69, 9.17) is 5.73 Å². The largest absolute Gasteiger partial charge is 0.366 e. The fourth-order valence-electron chi connectivity index (χ4n) is 1.35. The number of hydrogen-bond acceptors (Lipinski definition) is 5. The summed E-state index contributed by atoms with van der Waals surface area (Å²) in [5.74, 6) is 0.944. The summed E-state index contributed by atoms with van der Waals surface area (Å²) in [4.78, 5) is 4.06. The van der Waals surface area contributed by atoms with Crippen LogP contribution in [0.5, 0.6) is 0 Å². The zero-order valence-corrected chi connectivity index (χ0v) is 10.4. The molecule has 4 nitrogen and oxygen atoms in total. The molecule has 0 radical (unpaired) electrons. The van der Waals surface area contributed by atoms with E-state index in [2.05, 4.69) is 27.8 Å². The minimum atomic E-state index is 0.203. The molecule has 0 spiro atoms. The minimum Gasteiger partial charge on any atom is -0.366 e. The van der Waals surface area contributed by atoms with Crippen LogP contribution in [0.25, 0.3) is 11.4 Å². The van der Waals surface area contributed by atoms with E-state index in [0.717, 1.165) is 5.56 Å². The molecule has 0 aliphatic rings. The third-order valence-corrected chi connectivity index (χ3v) is 3.84. The molecule has 0 aliphatic heterocycles. The van der Waals surface area contributed by atoms with Crippen LogP contribution in [0.2, 0.25) is 0 Å². The lowest BCUT2D eigenvalue weighted by atomic mass is 10.1. The van der Waals surface area contributed by atoms with E-state index in [1.807, 2.05) is 30.5 Å². The molecule has 0 saturated heterocycles. The molecule has 1 unspecified atom stereocenters. The fourth-order valence-corrected chi connectivity index (χ4v) is 1.95. The number of thiol groups is 1. The van der Waals surface area contributed by atoms with E-state index >= 15 is 0 Å². The highest BCUT2D eigenvalue weighted by atomic mass is 32.2. The molecule has 2 rings (SSSR count). The number of H-pyrrole nitrogens is 1. The third kappa shape index (κ3) is 2.33. The van der Waals surface area contributed by atoms with Gasteiger partial charge in [0.15, 0.2) is 5.82 Å². The van der Waals surface area contributed by atoms with Gasteiger partial charge in [0, 0.05) is 5.56 Å². The van der Waals surface area contributed by atoms with E-state index in [-0.39, 0.29) is 10.5 Å². The molecule has 2 aromatic rings. The van der Waals surface area contributed by atoms with Crippen LogP contribution in [0.4, 0.5) is 5.95 Å². The summed E-state index contributed by atoms with van der Waals surface area (Å²) in [7, 11) is 0. The molecular formula is C10H12N4S2. The van der Waals surface area contributed by atoms with Crippen LogP contribution in [-0.4, -0.2) is 21.4 Å². The topological polar surface area (TPSA) is 67.6 Å². The average molecular weight is 252 g/mol. The molecule has 0 aliphatic carbocycles. The van der Waals surface area contributed by atoms with Gasteiger partial charge in [-0.1, -0.05) is 24.3 Å². The Hall–Kier alpha value is -1.14. The number of nitrogens with one attached hydrogen (secondary N) is 1. The summed E-state index contributed by atoms with van der Waals surface area (Å²) in [6.45, 7) is 0. The smallest absolute Gasteiger partial charge is 0.239 e. The Bertz CT molecular complexity index is 466. The van der Waals surface area contributed by atoms with Gasteiger partial charge in [-0.2, -0.15) is 17.6 Å². The monoisotopic (exact) mass is 252 g/mol. The summed E-state index contributed by atoms with van der Waals surface area (Å²) < 4.78 is 0.203. The van der Waals surface area contributed by atoms with Crippen LogP contribution >= 0.6 is 24.4 Å². The SMILES string of the molecule is CSC(S)c1ccc(-c2nc(N)n[nH]2)cc1. The molecule has 3 N–H and O–H groups in total. The molecule has 6 heteroatoms. The molecule has 0 saturated carbocycles. The summed E-state index contributed by atoms with van der Waals surface area (Å²) in [5.41, 5.74) is 7.59. The second-order valence-corrected chi connectivity index (χ2v) is 5.06. The molecule has 0 amide bonds. The Kier molecular flexibility index (Phi) is 3.40. The number of nitrogens with zero attached hydrogens (tertiary/aromatic N) is 2. The highest BCUT2D eigenvalue weighted by Gasteiger charge is 2.06. The predicted octanol–water partition coefficient (Wildman–Crippen LogP) is 2.35. The van der Waals surface area contributed by atoms with Crippen molar-refractivity contribution in [1.29, 1.82) is 0 Å². The molecule has 0 fully saturated rings. The van der Waals surface area contributed by atoms with E-state index < -0.39 is 0 Å². The first-order valence-electron chi connectivity index (χ1n) is 4.70. The maximum Gasteiger partial charge on any atom is 0.239 e. The predicted molar refractivity (Wildman–Crippen MR) is 71.5 cm³/mol. The number of rotatable bonds is 3. The number of nitrogen functional groups attached to an aromatic ring is 1. The lowest BCUT2D eigenvalue weighted by Crippen LogP contribution is -1.87. The maximum atomic E-state index is 5.45. The van der Waals surface area contributed by atoms with Gasteiger partial charge in [-0.3, -0.25) is 5.10 Å². The Labute approximate surface area is 103 Å². The van der Waals surface area contributed by atoms with Gasteiger partial charge >= 0.3 is 0 Å². The number of benzene rings is 1. The van der Waals surface area contributed by atoms with Gasteiger partial charge in [-0.25, -0.2) is 0 Å². The van der Waals surface area contributed by atoms with Gasteiger partial charge in [0.2, 0.25) is 5.95 Å². The molecule has 84 valence electrons. The van der Waals surface area contributed by atoms with Crippen molar-refractivity contribution in [2.24, 2.45) is 0 Å². The Balaban J connectivity index is 2.25. The van der Waals surface area contributed by atoms with E-state index in [0.29, 0.717) is 5.82 Å². The molecule has 1 atom stereocenters.